The lowest BCUT2D eigenvalue weighted by atomic mass is 9.97. The Morgan fingerprint density at radius 3 is 3.00 bits per heavy atom. The molecular weight excluding hydrogens is 338 g/mol. The average Bonchev–Trinajstić information content (AvgIpc) is 3.05. The van der Waals surface area contributed by atoms with Crippen molar-refractivity contribution in [1.29, 1.82) is 0 Å². The largest absolute Gasteiger partial charge is 0.487 e. The second-order valence-electron chi connectivity index (χ2n) is 6.17. The highest BCUT2D eigenvalue weighted by atomic mass is 32.1. The van der Waals surface area contributed by atoms with Gasteiger partial charge in [-0.3, -0.25) is 9.59 Å². The van der Waals surface area contributed by atoms with Gasteiger partial charge in [0.1, 0.15) is 12.4 Å². The number of carbonyl (C=O) groups is 2. The van der Waals surface area contributed by atoms with Crippen molar-refractivity contribution in [2.45, 2.75) is 26.4 Å². The van der Waals surface area contributed by atoms with Crippen molar-refractivity contribution >= 4 is 23.2 Å². The molecule has 0 bridgehead atoms. The minimum Gasteiger partial charge on any atom is -0.487 e. The van der Waals surface area contributed by atoms with Gasteiger partial charge in [0.15, 0.2) is 0 Å². The Kier molecular flexibility index (Phi) is 5.33. The highest BCUT2D eigenvalue weighted by Gasteiger charge is 2.27. The zero-order valence-electron chi connectivity index (χ0n) is 14.1. The number of piperidine rings is 1. The molecule has 1 aliphatic heterocycles. The summed E-state index contributed by atoms with van der Waals surface area (Å²) < 4.78 is 5.74. The molecule has 3 rings (SSSR count). The van der Waals surface area contributed by atoms with E-state index in [1.54, 1.807) is 34.4 Å². The minimum absolute atomic E-state index is 0.0964. The lowest BCUT2D eigenvalue weighted by Gasteiger charge is -2.31. The molecule has 2 N–H and O–H groups in total. The van der Waals surface area contributed by atoms with E-state index in [1.807, 2.05) is 18.4 Å². The van der Waals surface area contributed by atoms with Crippen LogP contribution in [0.5, 0.6) is 5.75 Å². The third kappa shape index (κ3) is 4.36. The van der Waals surface area contributed by atoms with Gasteiger partial charge in [0, 0.05) is 24.0 Å². The molecule has 1 aromatic carbocycles. The maximum absolute atomic E-state index is 12.7. The maximum atomic E-state index is 12.7. The van der Waals surface area contributed by atoms with Crippen LogP contribution in [0.2, 0.25) is 0 Å². The van der Waals surface area contributed by atoms with Crippen LogP contribution < -0.4 is 10.5 Å². The molecule has 2 amide bonds. The lowest BCUT2D eigenvalue weighted by molar-refractivity contribution is -0.123. The summed E-state index contributed by atoms with van der Waals surface area (Å²) in [6.45, 7) is 3.35. The molecule has 2 heterocycles. The Bertz CT molecular complexity index is 774. The van der Waals surface area contributed by atoms with E-state index in [9.17, 15) is 9.59 Å². The van der Waals surface area contributed by atoms with Crippen LogP contribution in [0.15, 0.2) is 29.6 Å². The quantitative estimate of drug-likeness (QED) is 0.888. The first-order chi connectivity index (χ1) is 12.0. The van der Waals surface area contributed by atoms with Crippen LogP contribution in [0.3, 0.4) is 0 Å². The third-order valence-corrected chi connectivity index (χ3v) is 5.07. The molecule has 25 heavy (non-hydrogen) atoms. The van der Waals surface area contributed by atoms with Crippen molar-refractivity contribution in [2.75, 3.05) is 13.1 Å². The molecule has 1 fully saturated rings. The number of carbonyl (C=O) groups excluding carboxylic acids is 2. The molecule has 1 aromatic heterocycles. The van der Waals surface area contributed by atoms with Gasteiger partial charge < -0.3 is 15.4 Å². The molecule has 0 spiro atoms. The summed E-state index contributed by atoms with van der Waals surface area (Å²) in [5, 5.41) is 2.96. The number of amides is 2. The standard InChI is InChI=1S/C18H21N3O3S/c1-12-20-15(11-25-12)10-24-16-6-2-4-13(8-16)18(23)21-7-3-5-14(9-21)17(19)22/h2,4,6,8,11,14H,3,5,7,9-10H2,1H3,(H2,19,22). The van der Waals surface area contributed by atoms with Gasteiger partial charge in [-0.15, -0.1) is 11.3 Å². The first-order valence-electron chi connectivity index (χ1n) is 8.25. The van der Waals surface area contributed by atoms with E-state index < -0.39 is 0 Å². The Balaban J connectivity index is 1.65. The number of hydrogen-bond donors (Lipinski definition) is 1. The highest BCUT2D eigenvalue weighted by molar-refractivity contribution is 7.09. The number of ether oxygens (including phenoxy) is 1. The van der Waals surface area contributed by atoms with Crippen LogP contribution in [0, 0.1) is 12.8 Å². The molecule has 0 radical (unpaired) electrons. The van der Waals surface area contributed by atoms with Crippen LogP contribution in [0.1, 0.15) is 33.9 Å². The van der Waals surface area contributed by atoms with Gasteiger partial charge in [-0.05, 0) is 38.0 Å². The van der Waals surface area contributed by atoms with Crippen molar-refractivity contribution in [2.24, 2.45) is 11.7 Å². The first-order valence-corrected chi connectivity index (χ1v) is 9.13. The maximum Gasteiger partial charge on any atom is 0.254 e. The van der Waals surface area contributed by atoms with E-state index in [-0.39, 0.29) is 17.7 Å². The number of rotatable bonds is 5. The molecule has 1 saturated heterocycles. The molecule has 2 aromatic rings. The van der Waals surface area contributed by atoms with Crippen LogP contribution in [-0.4, -0.2) is 34.8 Å². The van der Waals surface area contributed by atoms with Gasteiger partial charge in [0.05, 0.1) is 16.6 Å². The van der Waals surface area contributed by atoms with Gasteiger partial charge >= 0.3 is 0 Å². The smallest absolute Gasteiger partial charge is 0.254 e. The minimum atomic E-state index is -0.340. The number of thiazole rings is 1. The van der Waals surface area contributed by atoms with Gasteiger partial charge in [0.2, 0.25) is 5.91 Å². The van der Waals surface area contributed by atoms with E-state index in [2.05, 4.69) is 4.98 Å². The van der Waals surface area contributed by atoms with Gasteiger partial charge in [-0.2, -0.15) is 0 Å². The van der Waals surface area contributed by atoms with Crippen molar-refractivity contribution < 1.29 is 14.3 Å². The number of hydrogen-bond acceptors (Lipinski definition) is 5. The molecule has 0 saturated carbocycles. The summed E-state index contributed by atoms with van der Waals surface area (Å²) in [4.78, 5) is 30.2. The van der Waals surface area contributed by atoms with Crippen molar-refractivity contribution in [3.63, 3.8) is 0 Å². The van der Waals surface area contributed by atoms with Crippen molar-refractivity contribution in [3.8, 4) is 5.75 Å². The first kappa shape index (κ1) is 17.4. The summed E-state index contributed by atoms with van der Waals surface area (Å²) >= 11 is 1.58. The topological polar surface area (TPSA) is 85.5 Å². The Labute approximate surface area is 150 Å². The van der Waals surface area contributed by atoms with Crippen LogP contribution >= 0.6 is 11.3 Å². The van der Waals surface area contributed by atoms with Crippen molar-refractivity contribution in [3.05, 3.63) is 45.9 Å². The molecule has 1 aliphatic rings. The van der Waals surface area contributed by atoms with Crippen molar-refractivity contribution in [1.82, 2.24) is 9.88 Å². The Hall–Kier alpha value is -2.41. The zero-order valence-corrected chi connectivity index (χ0v) is 14.9. The lowest BCUT2D eigenvalue weighted by Crippen LogP contribution is -2.44. The zero-order chi connectivity index (χ0) is 17.8. The molecule has 132 valence electrons. The molecule has 1 unspecified atom stereocenters. The summed E-state index contributed by atoms with van der Waals surface area (Å²) in [6, 6.07) is 7.11. The predicted molar refractivity (Wildman–Crippen MR) is 95.4 cm³/mol. The number of aryl methyl sites for hydroxylation is 1. The number of benzene rings is 1. The molecule has 6 nitrogen and oxygen atoms in total. The van der Waals surface area contributed by atoms with E-state index in [0.29, 0.717) is 31.0 Å². The third-order valence-electron chi connectivity index (χ3n) is 4.25. The number of nitrogens with zero attached hydrogens (tertiary/aromatic N) is 2. The van der Waals surface area contributed by atoms with E-state index in [1.165, 1.54) is 0 Å². The van der Waals surface area contributed by atoms with E-state index >= 15 is 0 Å². The number of nitrogens with two attached hydrogens (primary N) is 1. The number of primary amides is 1. The monoisotopic (exact) mass is 359 g/mol. The molecular formula is C18H21N3O3S. The van der Waals surface area contributed by atoms with Gasteiger partial charge in [-0.25, -0.2) is 4.98 Å². The molecule has 0 aliphatic carbocycles. The highest BCUT2D eigenvalue weighted by Crippen LogP contribution is 2.21. The predicted octanol–water partition coefficient (Wildman–Crippen LogP) is 2.37. The average molecular weight is 359 g/mol. The fourth-order valence-corrected chi connectivity index (χ4v) is 3.52. The fraction of sp³-hybridized carbons (Fsp3) is 0.389. The fourth-order valence-electron chi connectivity index (χ4n) is 2.93. The van der Waals surface area contributed by atoms with E-state index in [0.717, 1.165) is 23.5 Å². The summed E-state index contributed by atoms with van der Waals surface area (Å²) in [5.41, 5.74) is 6.81. The van der Waals surface area contributed by atoms with Gasteiger partial charge in [-0.1, -0.05) is 6.07 Å². The van der Waals surface area contributed by atoms with Crippen LogP contribution in [0.4, 0.5) is 0 Å². The summed E-state index contributed by atoms with van der Waals surface area (Å²) in [7, 11) is 0. The Morgan fingerprint density at radius 2 is 2.28 bits per heavy atom. The van der Waals surface area contributed by atoms with Crippen LogP contribution in [-0.2, 0) is 11.4 Å². The second-order valence-corrected chi connectivity index (χ2v) is 7.23. The molecule has 1 atom stereocenters. The summed E-state index contributed by atoms with van der Waals surface area (Å²) in [5.74, 6) is -0.0703. The summed E-state index contributed by atoms with van der Waals surface area (Å²) in [6.07, 6.45) is 1.54. The number of likely N-dealkylation sites (tertiary alicyclic amines) is 1. The SMILES string of the molecule is Cc1nc(COc2cccc(C(=O)N3CCCC(C(N)=O)C3)c2)cs1. The van der Waals surface area contributed by atoms with E-state index in [4.69, 9.17) is 10.5 Å². The Morgan fingerprint density at radius 1 is 1.44 bits per heavy atom. The van der Waals surface area contributed by atoms with Gasteiger partial charge in [0.25, 0.3) is 5.91 Å². The molecule has 7 heteroatoms. The number of aromatic nitrogens is 1. The normalized spacial score (nSPS) is 17.3. The van der Waals surface area contributed by atoms with Crippen LogP contribution in [0.25, 0.3) is 0 Å². The second kappa shape index (κ2) is 7.65.